The van der Waals surface area contributed by atoms with Crippen LogP contribution < -0.4 is 5.43 Å². The maximum absolute atomic E-state index is 12.2. The maximum atomic E-state index is 12.2. The summed E-state index contributed by atoms with van der Waals surface area (Å²) in [5.74, 6) is -0.356. The summed E-state index contributed by atoms with van der Waals surface area (Å²) in [4.78, 5) is 34.7. The molecule has 0 aliphatic rings. The molecule has 0 aliphatic heterocycles. The van der Waals surface area contributed by atoms with Crippen molar-refractivity contribution in [3.63, 3.8) is 0 Å². The largest absolute Gasteiger partial charge is 0.466 e. The Hall–Kier alpha value is -1.99. The van der Waals surface area contributed by atoms with Crippen LogP contribution >= 0.6 is 0 Å². The predicted molar refractivity (Wildman–Crippen MR) is 88.2 cm³/mol. The molecule has 0 aromatic heterocycles. The molecule has 0 aromatic carbocycles. The molecule has 1 N–H and O–H groups in total. The van der Waals surface area contributed by atoms with Crippen molar-refractivity contribution in [1.82, 2.24) is 10.4 Å². The molecule has 0 rings (SSSR count). The SMILES string of the molecule is CC(=O)OCCCCN(NC(=O)OC(C)(C)C)C(=O)OC(C)(C)C. The second-order valence-electron chi connectivity index (χ2n) is 7.29. The molecule has 0 fully saturated rings. The maximum Gasteiger partial charge on any atom is 0.429 e. The molecule has 0 saturated heterocycles. The highest BCUT2D eigenvalue weighted by molar-refractivity contribution is 5.74. The first-order valence-corrected chi connectivity index (χ1v) is 7.94. The number of nitrogens with zero attached hydrogens (tertiary/aromatic N) is 1. The van der Waals surface area contributed by atoms with Gasteiger partial charge in [-0.25, -0.2) is 20.0 Å². The van der Waals surface area contributed by atoms with E-state index in [9.17, 15) is 14.4 Å². The quantitative estimate of drug-likeness (QED) is 0.356. The van der Waals surface area contributed by atoms with Gasteiger partial charge in [0, 0.05) is 13.5 Å². The zero-order chi connectivity index (χ0) is 19.0. The van der Waals surface area contributed by atoms with E-state index in [4.69, 9.17) is 14.2 Å². The molecule has 0 radical (unpaired) electrons. The lowest BCUT2D eigenvalue weighted by Crippen LogP contribution is -2.50. The number of hydrogen-bond acceptors (Lipinski definition) is 6. The van der Waals surface area contributed by atoms with E-state index in [2.05, 4.69) is 5.43 Å². The average molecular weight is 346 g/mol. The molecule has 0 saturated carbocycles. The first-order chi connectivity index (χ1) is 10.8. The Bertz CT molecular complexity index is 437. The zero-order valence-electron chi connectivity index (χ0n) is 15.7. The number of hydrazine groups is 1. The number of esters is 1. The van der Waals surface area contributed by atoms with Crippen LogP contribution in [0.25, 0.3) is 0 Å². The van der Waals surface area contributed by atoms with Gasteiger partial charge in [-0.05, 0) is 54.4 Å². The fraction of sp³-hybridized carbons (Fsp3) is 0.812. The number of hydrogen-bond donors (Lipinski definition) is 1. The lowest BCUT2D eigenvalue weighted by molar-refractivity contribution is -0.141. The van der Waals surface area contributed by atoms with E-state index in [1.54, 1.807) is 41.5 Å². The molecule has 0 unspecified atom stereocenters. The molecule has 24 heavy (non-hydrogen) atoms. The van der Waals surface area contributed by atoms with Crippen molar-refractivity contribution in [2.45, 2.75) is 72.5 Å². The lowest BCUT2D eigenvalue weighted by Gasteiger charge is -2.28. The summed E-state index contributed by atoms with van der Waals surface area (Å²) in [6.07, 6.45) is -0.355. The normalized spacial score (nSPS) is 11.5. The molecule has 0 spiro atoms. The monoisotopic (exact) mass is 346 g/mol. The van der Waals surface area contributed by atoms with Crippen molar-refractivity contribution in [1.29, 1.82) is 0 Å². The fourth-order valence-electron chi connectivity index (χ4n) is 1.51. The van der Waals surface area contributed by atoms with Crippen LogP contribution in [-0.2, 0) is 19.0 Å². The average Bonchev–Trinajstić information content (AvgIpc) is 2.32. The van der Waals surface area contributed by atoms with Gasteiger partial charge in [0.15, 0.2) is 0 Å². The van der Waals surface area contributed by atoms with Crippen molar-refractivity contribution >= 4 is 18.2 Å². The Kier molecular flexibility index (Phi) is 8.57. The van der Waals surface area contributed by atoms with Gasteiger partial charge in [0.2, 0.25) is 0 Å². The van der Waals surface area contributed by atoms with Crippen molar-refractivity contribution in [3.8, 4) is 0 Å². The molecule has 0 atom stereocenters. The van der Waals surface area contributed by atoms with E-state index in [0.29, 0.717) is 12.8 Å². The van der Waals surface area contributed by atoms with Crippen LogP contribution in [0.2, 0.25) is 0 Å². The Balaban J connectivity index is 4.62. The van der Waals surface area contributed by atoms with Gasteiger partial charge >= 0.3 is 18.2 Å². The Morgan fingerprint density at radius 1 is 0.917 bits per heavy atom. The van der Waals surface area contributed by atoms with Gasteiger partial charge in [0.1, 0.15) is 11.2 Å². The van der Waals surface area contributed by atoms with Gasteiger partial charge in [-0.2, -0.15) is 0 Å². The minimum absolute atomic E-state index is 0.204. The second-order valence-corrected chi connectivity index (χ2v) is 7.29. The van der Waals surface area contributed by atoms with Gasteiger partial charge in [-0.3, -0.25) is 4.79 Å². The zero-order valence-corrected chi connectivity index (χ0v) is 15.7. The number of nitrogens with one attached hydrogen (secondary N) is 1. The Morgan fingerprint density at radius 3 is 1.92 bits per heavy atom. The molecule has 140 valence electrons. The van der Waals surface area contributed by atoms with Crippen LogP contribution in [0, 0.1) is 0 Å². The van der Waals surface area contributed by atoms with Gasteiger partial charge in [0.25, 0.3) is 0 Å². The van der Waals surface area contributed by atoms with Crippen molar-refractivity contribution in [3.05, 3.63) is 0 Å². The predicted octanol–water partition coefficient (Wildman–Crippen LogP) is 3.01. The minimum atomic E-state index is -0.742. The number of ether oxygens (including phenoxy) is 3. The van der Waals surface area contributed by atoms with Crippen LogP contribution in [0.15, 0.2) is 0 Å². The van der Waals surface area contributed by atoms with Crippen LogP contribution in [0.5, 0.6) is 0 Å². The molecule has 0 aliphatic carbocycles. The highest BCUT2D eigenvalue weighted by atomic mass is 16.6. The number of unbranched alkanes of at least 4 members (excludes halogenated alkanes) is 1. The highest BCUT2D eigenvalue weighted by Crippen LogP contribution is 2.11. The summed E-state index contributed by atoms with van der Waals surface area (Å²) in [6.45, 7) is 12.2. The van der Waals surface area contributed by atoms with Crippen LogP contribution in [0.3, 0.4) is 0 Å². The third kappa shape index (κ3) is 12.5. The standard InChI is InChI=1S/C16H30N2O6/c1-12(19)22-11-9-8-10-18(14(21)24-16(5,6)7)17-13(20)23-15(2,3)4/h8-11H2,1-7H3,(H,17,20). The highest BCUT2D eigenvalue weighted by Gasteiger charge is 2.25. The molecule has 0 aromatic rings. The number of rotatable bonds is 5. The number of amides is 2. The van der Waals surface area contributed by atoms with Crippen molar-refractivity contribution < 1.29 is 28.6 Å². The van der Waals surface area contributed by atoms with E-state index >= 15 is 0 Å². The summed E-state index contributed by atoms with van der Waals surface area (Å²) < 4.78 is 15.2. The molecular weight excluding hydrogens is 316 g/mol. The summed E-state index contributed by atoms with van der Waals surface area (Å²) in [5.41, 5.74) is 1.01. The van der Waals surface area contributed by atoms with Crippen LogP contribution in [0.4, 0.5) is 9.59 Å². The van der Waals surface area contributed by atoms with E-state index in [0.717, 1.165) is 5.01 Å². The number of carbonyl (C=O) groups is 3. The van der Waals surface area contributed by atoms with Crippen molar-refractivity contribution in [2.24, 2.45) is 0 Å². The van der Waals surface area contributed by atoms with E-state index < -0.39 is 23.4 Å². The molecular formula is C16H30N2O6. The molecule has 8 nitrogen and oxygen atoms in total. The topological polar surface area (TPSA) is 94.2 Å². The summed E-state index contributed by atoms with van der Waals surface area (Å²) in [6, 6.07) is 0. The van der Waals surface area contributed by atoms with E-state index in [1.165, 1.54) is 6.92 Å². The Morgan fingerprint density at radius 2 is 1.46 bits per heavy atom. The van der Waals surface area contributed by atoms with Gasteiger partial charge < -0.3 is 14.2 Å². The van der Waals surface area contributed by atoms with Gasteiger partial charge in [0.05, 0.1) is 6.61 Å². The van der Waals surface area contributed by atoms with Crippen LogP contribution in [0.1, 0.15) is 61.3 Å². The molecule has 2 amide bonds. The van der Waals surface area contributed by atoms with Gasteiger partial charge in [-0.15, -0.1) is 0 Å². The second kappa shape index (κ2) is 9.34. The summed E-state index contributed by atoms with van der Waals surface area (Å²) >= 11 is 0. The third-order valence-corrected chi connectivity index (χ3v) is 2.32. The van der Waals surface area contributed by atoms with E-state index in [1.807, 2.05) is 0 Å². The summed E-state index contributed by atoms with van der Waals surface area (Å²) in [5, 5.41) is 1.06. The Labute approximate surface area is 143 Å². The first-order valence-electron chi connectivity index (χ1n) is 7.94. The molecule has 0 bridgehead atoms. The van der Waals surface area contributed by atoms with Crippen LogP contribution in [-0.4, -0.2) is 47.5 Å². The smallest absolute Gasteiger partial charge is 0.429 e. The van der Waals surface area contributed by atoms with Gasteiger partial charge in [-0.1, -0.05) is 0 Å². The lowest BCUT2D eigenvalue weighted by atomic mass is 10.2. The first kappa shape index (κ1) is 22.0. The minimum Gasteiger partial charge on any atom is -0.466 e. The fourth-order valence-corrected chi connectivity index (χ4v) is 1.51. The summed E-state index contributed by atoms with van der Waals surface area (Å²) in [7, 11) is 0. The third-order valence-electron chi connectivity index (χ3n) is 2.32. The van der Waals surface area contributed by atoms with E-state index in [-0.39, 0.29) is 19.1 Å². The van der Waals surface area contributed by atoms with Crippen molar-refractivity contribution in [2.75, 3.05) is 13.2 Å². The molecule has 0 heterocycles. The molecule has 8 heteroatoms. The number of carbonyl (C=O) groups excluding carboxylic acids is 3.